The minimum atomic E-state index is -0.443. The maximum atomic E-state index is 9.46. The molecule has 124 valence electrons. The van der Waals surface area contributed by atoms with Crippen molar-refractivity contribution >= 4 is 0 Å². The lowest BCUT2D eigenvalue weighted by atomic mass is 9.49. The van der Waals surface area contributed by atoms with Gasteiger partial charge in [0.1, 0.15) is 11.8 Å². The van der Waals surface area contributed by atoms with Crippen LogP contribution in [0.25, 0.3) is 0 Å². The summed E-state index contributed by atoms with van der Waals surface area (Å²) in [6, 6.07) is 2.34. The van der Waals surface area contributed by atoms with E-state index in [4.69, 9.17) is 14.6 Å². The van der Waals surface area contributed by atoms with Crippen molar-refractivity contribution in [3.05, 3.63) is 17.0 Å². The Balaban J connectivity index is 1.83. The average Bonchev–Trinajstić information content (AvgIpc) is 3.10. The molecule has 0 N–H and O–H groups in total. The van der Waals surface area contributed by atoms with Crippen LogP contribution >= 0.6 is 0 Å². The first-order valence-corrected chi connectivity index (χ1v) is 8.60. The van der Waals surface area contributed by atoms with Gasteiger partial charge in [-0.1, -0.05) is 20.8 Å². The summed E-state index contributed by atoms with van der Waals surface area (Å²) in [6.45, 7) is 8.30. The number of ether oxygens (including phenoxy) is 2. The predicted molar refractivity (Wildman–Crippen MR) is 84.7 cm³/mol. The van der Waals surface area contributed by atoms with E-state index in [9.17, 15) is 5.26 Å². The Hall–Kier alpha value is -1.38. The van der Waals surface area contributed by atoms with Crippen LogP contribution in [0.1, 0.15) is 57.0 Å². The third kappa shape index (κ3) is 1.71. The average molecular weight is 315 g/mol. The molecular formula is C18H25N3O2. The van der Waals surface area contributed by atoms with E-state index in [1.165, 1.54) is 0 Å². The van der Waals surface area contributed by atoms with Crippen molar-refractivity contribution in [3.63, 3.8) is 0 Å². The van der Waals surface area contributed by atoms with Gasteiger partial charge in [-0.15, -0.1) is 0 Å². The molecule has 1 aromatic rings. The summed E-state index contributed by atoms with van der Waals surface area (Å²) in [7, 11) is 1.88. The second kappa shape index (κ2) is 4.58. The van der Waals surface area contributed by atoms with Crippen LogP contribution in [0, 0.1) is 22.7 Å². The minimum Gasteiger partial charge on any atom is -0.347 e. The van der Waals surface area contributed by atoms with Crippen LogP contribution in [-0.4, -0.2) is 28.8 Å². The Morgan fingerprint density at radius 2 is 1.91 bits per heavy atom. The summed E-state index contributed by atoms with van der Waals surface area (Å²) in [4.78, 5) is 0. The van der Waals surface area contributed by atoms with Gasteiger partial charge >= 0.3 is 0 Å². The third-order valence-corrected chi connectivity index (χ3v) is 6.82. The second-order valence-corrected chi connectivity index (χ2v) is 8.09. The Kier molecular flexibility index (Phi) is 3.02. The molecule has 4 rings (SSSR count). The summed E-state index contributed by atoms with van der Waals surface area (Å²) in [5.74, 6) is -0.00239. The van der Waals surface area contributed by atoms with E-state index in [0.29, 0.717) is 19.1 Å². The highest BCUT2D eigenvalue weighted by molar-refractivity contribution is 5.42. The van der Waals surface area contributed by atoms with Crippen molar-refractivity contribution in [3.8, 4) is 6.07 Å². The van der Waals surface area contributed by atoms with Gasteiger partial charge in [0.15, 0.2) is 5.79 Å². The third-order valence-electron chi connectivity index (χ3n) is 6.82. The topological polar surface area (TPSA) is 60.1 Å². The van der Waals surface area contributed by atoms with Gasteiger partial charge in [0.2, 0.25) is 0 Å². The van der Waals surface area contributed by atoms with E-state index >= 15 is 0 Å². The normalized spacial score (nSPS) is 34.0. The first-order valence-electron chi connectivity index (χ1n) is 8.60. The number of fused-ring (bicyclic) bond motifs is 3. The summed E-state index contributed by atoms with van der Waals surface area (Å²) in [6.07, 6.45) is 3.87. The van der Waals surface area contributed by atoms with E-state index < -0.39 is 5.79 Å². The Morgan fingerprint density at radius 1 is 1.22 bits per heavy atom. The molecule has 5 nitrogen and oxygen atoms in total. The second-order valence-electron chi connectivity index (χ2n) is 8.09. The molecule has 1 aliphatic heterocycles. The van der Waals surface area contributed by atoms with Gasteiger partial charge in [0.25, 0.3) is 0 Å². The van der Waals surface area contributed by atoms with Crippen molar-refractivity contribution in [1.29, 1.82) is 5.26 Å². The lowest BCUT2D eigenvalue weighted by molar-refractivity contribution is -0.276. The van der Waals surface area contributed by atoms with Crippen LogP contribution < -0.4 is 0 Å². The molecule has 3 aliphatic rings. The van der Waals surface area contributed by atoms with E-state index in [1.807, 2.05) is 7.05 Å². The number of rotatable bonds is 0. The molecule has 0 radical (unpaired) electrons. The summed E-state index contributed by atoms with van der Waals surface area (Å²) in [5, 5.41) is 14.2. The van der Waals surface area contributed by atoms with Crippen LogP contribution in [0.3, 0.4) is 0 Å². The standard InChI is InChI=1S/C18H25N3O2/c1-16(2)14-6-5-12-13(11-19)21(4)20-15(12)17(14,3)7-8-18(16)22-9-10-23-18/h14H,5-10H2,1-4H3/t14?,17-/m0/s1. The van der Waals surface area contributed by atoms with Crippen molar-refractivity contribution in [2.45, 2.75) is 57.7 Å². The number of nitriles is 1. The molecule has 2 heterocycles. The van der Waals surface area contributed by atoms with Crippen molar-refractivity contribution in [2.24, 2.45) is 18.4 Å². The van der Waals surface area contributed by atoms with Crippen LogP contribution in [0.4, 0.5) is 0 Å². The van der Waals surface area contributed by atoms with E-state index in [2.05, 4.69) is 26.8 Å². The van der Waals surface area contributed by atoms with E-state index in [0.717, 1.165) is 42.6 Å². The molecule has 23 heavy (non-hydrogen) atoms. The fourth-order valence-electron chi connectivity index (χ4n) is 5.61. The van der Waals surface area contributed by atoms with Crippen LogP contribution in [-0.2, 0) is 28.4 Å². The maximum Gasteiger partial charge on any atom is 0.173 e. The van der Waals surface area contributed by atoms with E-state index in [1.54, 1.807) is 4.68 Å². The van der Waals surface area contributed by atoms with Gasteiger partial charge in [-0.2, -0.15) is 10.4 Å². The highest BCUT2D eigenvalue weighted by atomic mass is 16.7. The maximum absolute atomic E-state index is 9.46. The lowest BCUT2D eigenvalue weighted by Crippen LogP contribution is -2.61. The van der Waals surface area contributed by atoms with E-state index in [-0.39, 0.29) is 10.8 Å². The van der Waals surface area contributed by atoms with Gasteiger partial charge in [-0.05, 0) is 25.2 Å². The van der Waals surface area contributed by atoms with Crippen molar-refractivity contribution in [1.82, 2.24) is 9.78 Å². The number of aryl methyl sites for hydroxylation is 1. The predicted octanol–water partition coefficient (Wildman–Crippen LogP) is 2.67. The molecule has 1 spiro atoms. The van der Waals surface area contributed by atoms with Crippen molar-refractivity contribution < 1.29 is 9.47 Å². The Bertz CT molecular complexity index is 694. The quantitative estimate of drug-likeness (QED) is 0.738. The molecule has 5 heteroatoms. The van der Waals surface area contributed by atoms with Crippen LogP contribution in [0.5, 0.6) is 0 Å². The van der Waals surface area contributed by atoms with Gasteiger partial charge in [0, 0.05) is 29.9 Å². The fourth-order valence-corrected chi connectivity index (χ4v) is 5.61. The molecular weight excluding hydrogens is 290 g/mol. The van der Waals surface area contributed by atoms with Crippen LogP contribution in [0.15, 0.2) is 0 Å². The molecule has 2 aliphatic carbocycles. The molecule has 1 unspecified atom stereocenters. The number of hydrogen-bond acceptors (Lipinski definition) is 4. The largest absolute Gasteiger partial charge is 0.347 e. The Morgan fingerprint density at radius 3 is 2.57 bits per heavy atom. The Labute approximate surface area is 137 Å². The van der Waals surface area contributed by atoms with Crippen LogP contribution in [0.2, 0.25) is 0 Å². The SMILES string of the molecule is Cn1nc2c(c1C#N)CCC1C(C)(C)C3(CC[C@]21C)OCCO3. The highest BCUT2D eigenvalue weighted by Gasteiger charge is 2.64. The minimum absolute atomic E-state index is 0.00942. The lowest BCUT2D eigenvalue weighted by Gasteiger charge is -2.59. The number of nitrogens with zero attached hydrogens (tertiary/aromatic N) is 3. The van der Waals surface area contributed by atoms with Gasteiger partial charge in [-0.3, -0.25) is 4.68 Å². The molecule has 0 aromatic carbocycles. The van der Waals surface area contributed by atoms with Gasteiger partial charge in [0.05, 0.1) is 18.9 Å². The molecule has 2 atom stereocenters. The molecule has 0 amide bonds. The smallest absolute Gasteiger partial charge is 0.173 e. The summed E-state index contributed by atoms with van der Waals surface area (Å²) >= 11 is 0. The zero-order chi connectivity index (χ0) is 16.5. The fraction of sp³-hybridized carbons (Fsp3) is 0.778. The van der Waals surface area contributed by atoms with Gasteiger partial charge < -0.3 is 9.47 Å². The number of hydrogen-bond donors (Lipinski definition) is 0. The molecule has 1 saturated carbocycles. The number of aromatic nitrogens is 2. The molecule has 1 aromatic heterocycles. The summed E-state index contributed by atoms with van der Waals surface area (Å²) in [5.41, 5.74) is 2.94. The van der Waals surface area contributed by atoms with Gasteiger partial charge in [-0.25, -0.2) is 0 Å². The molecule has 2 fully saturated rings. The molecule has 1 saturated heterocycles. The molecule has 0 bridgehead atoms. The first kappa shape index (κ1) is 15.2. The zero-order valence-corrected chi connectivity index (χ0v) is 14.5. The van der Waals surface area contributed by atoms with Crippen molar-refractivity contribution in [2.75, 3.05) is 13.2 Å². The zero-order valence-electron chi connectivity index (χ0n) is 14.5. The monoisotopic (exact) mass is 315 g/mol. The summed E-state index contributed by atoms with van der Waals surface area (Å²) < 4.78 is 14.0. The first-order chi connectivity index (χ1) is 10.9. The highest BCUT2D eigenvalue weighted by Crippen LogP contribution is 2.62.